The monoisotopic (exact) mass is 365 g/mol. The molecule has 1 amide bonds. The Balaban J connectivity index is 2.06. The summed E-state index contributed by atoms with van der Waals surface area (Å²) in [6.45, 7) is 3.57. The molecule has 1 aromatic heterocycles. The van der Waals surface area contributed by atoms with Gasteiger partial charge < -0.3 is 9.88 Å². The Morgan fingerprint density at radius 1 is 1.24 bits per heavy atom. The molecule has 0 atom stereocenters. The van der Waals surface area contributed by atoms with Crippen molar-refractivity contribution >= 4 is 28.9 Å². The lowest BCUT2D eigenvalue weighted by Crippen LogP contribution is -2.18. The maximum Gasteiger partial charge on any atom is 0.416 e. The lowest BCUT2D eigenvalue weighted by molar-refractivity contribution is -0.137. The molecule has 2 heterocycles. The summed E-state index contributed by atoms with van der Waals surface area (Å²) >= 11 is 1.02. The zero-order chi connectivity index (χ0) is 18.4. The summed E-state index contributed by atoms with van der Waals surface area (Å²) < 4.78 is 40.6. The Labute approximate surface area is 146 Å². The van der Waals surface area contributed by atoms with Gasteiger partial charge in [-0.15, -0.1) is 0 Å². The van der Waals surface area contributed by atoms with Crippen LogP contribution >= 0.6 is 11.8 Å². The van der Waals surface area contributed by atoms with Crippen molar-refractivity contribution in [2.24, 2.45) is 0 Å². The smallest absolute Gasteiger partial charge is 0.318 e. The van der Waals surface area contributed by atoms with E-state index in [-0.39, 0.29) is 11.1 Å². The van der Waals surface area contributed by atoms with E-state index in [1.807, 2.05) is 0 Å². The molecule has 8 heteroatoms. The number of amidine groups is 1. The molecule has 1 aromatic carbocycles. The standard InChI is InChI=1S/C17H14F3N3OS/c1-9-6-11(7-14-15(24)22-16(21)25-14)10(2)23(9)13-5-3-4-12(8-13)17(18,19)20/h3-8H,1-2H3,(H2,21,22,24). The first-order valence-corrected chi connectivity index (χ1v) is 8.14. The summed E-state index contributed by atoms with van der Waals surface area (Å²) in [6, 6.07) is 6.92. The molecule has 25 heavy (non-hydrogen) atoms. The van der Waals surface area contributed by atoms with Crippen molar-refractivity contribution in [2.75, 3.05) is 0 Å². The van der Waals surface area contributed by atoms with Gasteiger partial charge in [0.05, 0.1) is 10.5 Å². The van der Waals surface area contributed by atoms with Crippen LogP contribution in [-0.4, -0.2) is 15.6 Å². The number of carbonyl (C=O) groups is 1. The number of rotatable bonds is 2. The van der Waals surface area contributed by atoms with E-state index in [0.29, 0.717) is 10.6 Å². The molecule has 1 fully saturated rings. The van der Waals surface area contributed by atoms with Crippen LogP contribution in [0.3, 0.4) is 0 Å². The van der Waals surface area contributed by atoms with Gasteiger partial charge in [0.2, 0.25) is 0 Å². The third kappa shape index (κ3) is 3.34. The van der Waals surface area contributed by atoms with Gasteiger partial charge in [0, 0.05) is 17.1 Å². The number of nitrogens with one attached hydrogen (secondary N) is 2. The maximum atomic E-state index is 13.0. The molecule has 0 radical (unpaired) electrons. The molecular formula is C17H14F3N3OS. The van der Waals surface area contributed by atoms with Crippen LogP contribution in [0.5, 0.6) is 0 Å². The highest BCUT2D eigenvalue weighted by Gasteiger charge is 2.30. The van der Waals surface area contributed by atoms with Gasteiger partial charge in [-0.3, -0.25) is 10.2 Å². The number of carbonyl (C=O) groups excluding carboxylic acids is 1. The topological polar surface area (TPSA) is 57.9 Å². The normalized spacial score (nSPS) is 16.6. The number of aromatic nitrogens is 1. The van der Waals surface area contributed by atoms with Gasteiger partial charge in [-0.1, -0.05) is 6.07 Å². The van der Waals surface area contributed by atoms with Gasteiger partial charge in [-0.05, 0) is 61.5 Å². The van der Waals surface area contributed by atoms with E-state index in [4.69, 9.17) is 5.41 Å². The number of hydrogen-bond acceptors (Lipinski definition) is 3. The molecule has 2 N–H and O–H groups in total. The summed E-state index contributed by atoms with van der Waals surface area (Å²) in [5.41, 5.74) is 1.89. The zero-order valence-corrected chi connectivity index (χ0v) is 14.2. The fourth-order valence-electron chi connectivity index (χ4n) is 2.74. The molecule has 1 saturated heterocycles. The van der Waals surface area contributed by atoms with Crippen LogP contribution in [0, 0.1) is 19.3 Å². The Bertz CT molecular complexity index is 912. The second-order valence-corrected chi connectivity index (χ2v) is 6.66. The van der Waals surface area contributed by atoms with Gasteiger partial charge >= 0.3 is 6.18 Å². The van der Waals surface area contributed by atoms with E-state index in [9.17, 15) is 18.0 Å². The van der Waals surface area contributed by atoms with Crippen molar-refractivity contribution in [1.82, 2.24) is 9.88 Å². The summed E-state index contributed by atoms with van der Waals surface area (Å²) in [4.78, 5) is 12.1. The quantitative estimate of drug-likeness (QED) is 0.782. The summed E-state index contributed by atoms with van der Waals surface area (Å²) in [7, 11) is 0. The molecule has 1 aliphatic heterocycles. The minimum absolute atomic E-state index is 0.0583. The molecular weight excluding hydrogens is 351 g/mol. The summed E-state index contributed by atoms with van der Waals surface area (Å²) in [5.74, 6) is -0.348. The van der Waals surface area contributed by atoms with E-state index in [0.717, 1.165) is 40.8 Å². The van der Waals surface area contributed by atoms with Gasteiger partial charge in [-0.2, -0.15) is 13.2 Å². The van der Waals surface area contributed by atoms with Crippen LogP contribution in [0.4, 0.5) is 13.2 Å². The number of hydrogen-bond donors (Lipinski definition) is 2. The SMILES string of the molecule is Cc1cc(C=C2SC(=N)NC2=O)c(C)n1-c1cccc(C(F)(F)F)c1. The van der Waals surface area contributed by atoms with Crippen molar-refractivity contribution in [3.8, 4) is 5.69 Å². The first-order valence-electron chi connectivity index (χ1n) is 7.33. The number of halogens is 3. The average Bonchev–Trinajstić information content (AvgIpc) is 2.97. The van der Waals surface area contributed by atoms with Gasteiger partial charge in [-0.25, -0.2) is 0 Å². The van der Waals surface area contributed by atoms with Crippen LogP contribution < -0.4 is 5.32 Å². The van der Waals surface area contributed by atoms with Crippen molar-refractivity contribution < 1.29 is 18.0 Å². The molecule has 3 rings (SSSR count). The molecule has 1 aliphatic rings. The largest absolute Gasteiger partial charge is 0.416 e. The Morgan fingerprint density at radius 3 is 2.56 bits per heavy atom. The molecule has 0 spiro atoms. The van der Waals surface area contributed by atoms with Crippen LogP contribution in [0.15, 0.2) is 35.2 Å². The van der Waals surface area contributed by atoms with Crippen LogP contribution in [0.1, 0.15) is 22.5 Å². The first-order chi connectivity index (χ1) is 11.7. The van der Waals surface area contributed by atoms with E-state index in [1.54, 1.807) is 36.6 Å². The zero-order valence-electron chi connectivity index (χ0n) is 13.4. The Kier molecular flexibility index (Phi) is 4.24. The number of aryl methyl sites for hydroxylation is 1. The third-order valence-electron chi connectivity index (χ3n) is 3.85. The van der Waals surface area contributed by atoms with Crippen molar-refractivity contribution in [3.05, 3.63) is 57.8 Å². The van der Waals surface area contributed by atoms with E-state index in [1.165, 1.54) is 6.07 Å². The first kappa shape index (κ1) is 17.3. The van der Waals surface area contributed by atoms with Crippen molar-refractivity contribution in [3.63, 3.8) is 0 Å². The number of alkyl halides is 3. The average molecular weight is 365 g/mol. The number of benzene rings is 1. The molecule has 0 saturated carbocycles. The van der Waals surface area contributed by atoms with Gasteiger partial charge in [0.25, 0.3) is 5.91 Å². The highest BCUT2D eigenvalue weighted by Crippen LogP contribution is 2.32. The van der Waals surface area contributed by atoms with Gasteiger partial charge in [0.1, 0.15) is 0 Å². The lowest BCUT2D eigenvalue weighted by Gasteiger charge is -2.13. The molecule has 0 aliphatic carbocycles. The van der Waals surface area contributed by atoms with Crippen LogP contribution in [0.25, 0.3) is 11.8 Å². The fraction of sp³-hybridized carbons (Fsp3) is 0.176. The predicted octanol–water partition coefficient (Wildman–Crippen LogP) is 4.25. The Hall–Kier alpha value is -2.48. The highest BCUT2D eigenvalue weighted by molar-refractivity contribution is 8.18. The molecule has 4 nitrogen and oxygen atoms in total. The summed E-state index contributed by atoms with van der Waals surface area (Å²) in [5, 5.41) is 9.92. The second kappa shape index (κ2) is 6.11. The minimum atomic E-state index is -4.41. The number of nitrogens with zero attached hydrogens (tertiary/aromatic N) is 1. The van der Waals surface area contributed by atoms with E-state index in [2.05, 4.69) is 5.32 Å². The molecule has 0 unspecified atom stereocenters. The minimum Gasteiger partial charge on any atom is -0.318 e. The lowest BCUT2D eigenvalue weighted by atomic mass is 10.2. The van der Waals surface area contributed by atoms with Crippen molar-refractivity contribution in [1.29, 1.82) is 5.41 Å². The number of thioether (sulfide) groups is 1. The molecule has 2 aromatic rings. The fourth-order valence-corrected chi connectivity index (χ4v) is 3.43. The molecule has 0 bridgehead atoms. The van der Waals surface area contributed by atoms with Gasteiger partial charge in [0.15, 0.2) is 5.17 Å². The van der Waals surface area contributed by atoms with E-state index >= 15 is 0 Å². The van der Waals surface area contributed by atoms with Crippen LogP contribution in [-0.2, 0) is 11.0 Å². The molecule has 130 valence electrons. The predicted molar refractivity (Wildman–Crippen MR) is 91.7 cm³/mol. The van der Waals surface area contributed by atoms with Crippen LogP contribution in [0.2, 0.25) is 0 Å². The second-order valence-electron chi connectivity index (χ2n) is 5.60. The van der Waals surface area contributed by atoms with E-state index < -0.39 is 11.7 Å². The Morgan fingerprint density at radius 2 is 1.96 bits per heavy atom. The number of amides is 1. The highest BCUT2D eigenvalue weighted by atomic mass is 32.2. The summed E-state index contributed by atoms with van der Waals surface area (Å²) in [6.07, 6.45) is -2.76. The third-order valence-corrected chi connectivity index (χ3v) is 4.68. The maximum absolute atomic E-state index is 13.0. The van der Waals surface area contributed by atoms with Crippen molar-refractivity contribution in [2.45, 2.75) is 20.0 Å².